The normalized spacial score (nSPS) is 11.7. The van der Waals surface area contributed by atoms with Gasteiger partial charge in [-0.25, -0.2) is 0 Å². The highest BCUT2D eigenvalue weighted by atomic mass is 35.5. The van der Waals surface area contributed by atoms with Crippen LogP contribution in [-0.4, -0.2) is 35.8 Å². The molecule has 10 heteroatoms. The van der Waals surface area contributed by atoms with E-state index in [0.717, 1.165) is 0 Å². The first kappa shape index (κ1) is 16.5. The Balaban J connectivity index is 1.74. The Morgan fingerprint density at radius 3 is 2.73 bits per heavy atom. The molecule has 0 bridgehead atoms. The van der Waals surface area contributed by atoms with Crippen LogP contribution in [0.4, 0.5) is 5.69 Å². The van der Waals surface area contributed by atoms with E-state index in [2.05, 4.69) is 25.4 Å². The molecular weight excluding hydrogens is 377 g/mol. The Bertz CT molecular complexity index is 1180. The van der Waals surface area contributed by atoms with Crippen LogP contribution in [0.5, 0.6) is 0 Å². The number of aryl methyl sites for hydroxylation is 1. The first-order valence-corrected chi connectivity index (χ1v) is 8.26. The van der Waals surface area contributed by atoms with Gasteiger partial charge in [-0.05, 0) is 37.3 Å². The van der Waals surface area contributed by atoms with Crippen LogP contribution in [0, 0.1) is 6.92 Å². The lowest BCUT2D eigenvalue weighted by Gasteiger charge is -2.00. The zero-order valence-corrected chi connectivity index (χ0v) is 14.9. The van der Waals surface area contributed by atoms with Crippen molar-refractivity contribution in [3.05, 3.63) is 68.3 Å². The van der Waals surface area contributed by atoms with Crippen LogP contribution in [0.1, 0.15) is 11.3 Å². The predicted molar refractivity (Wildman–Crippen MR) is 99.2 cm³/mol. The van der Waals surface area contributed by atoms with Gasteiger partial charge in [0.05, 0.1) is 11.3 Å². The molecule has 0 atom stereocenters. The largest absolute Gasteiger partial charge is 0.293 e. The lowest BCUT2D eigenvalue weighted by molar-refractivity contribution is 0.765. The molecule has 1 aromatic carbocycles. The third kappa shape index (κ3) is 3.00. The summed E-state index contributed by atoms with van der Waals surface area (Å²) in [6, 6.07) is 8.33. The summed E-state index contributed by atoms with van der Waals surface area (Å²) < 4.78 is 2.82. The van der Waals surface area contributed by atoms with Crippen LogP contribution < -0.4 is 5.56 Å². The summed E-state index contributed by atoms with van der Waals surface area (Å²) in [5.41, 5.74) is 1.92. The van der Waals surface area contributed by atoms with E-state index in [4.69, 9.17) is 23.2 Å². The van der Waals surface area contributed by atoms with Gasteiger partial charge in [-0.2, -0.15) is 9.20 Å². The molecule has 1 N–H and O–H groups in total. The second kappa shape index (κ2) is 6.40. The highest BCUT2D eigenvalue weighted by Gasteiger charge is 2.12. The van der Waals surface area contributed by atoms with E-state index in [0.29, 0.717) is 38.5 Å². The Labute approximate surface area is 156 Å². The topological polar surface area (TPSA) is 93.2 Å². The molecule has 0 saturated carbocycles. The number of rotatable bonds is 3. The van der Waals surface area contributed by atoms with Gasteiger partial charge in [0.25, 0.3) is 5.56 Å². The average molecular weight is 388 g/mol. The second-order valence-corrected chi connectivity index (χ2v) is 6.37. The van der Waals surface area contributed by atoms with E-state index in [1.165, 1.54) is 21.7 Å². The lowest BCUT2D eigenvalue weighted by Crippen LogP contribution is -2.19. The zero-order chi connectivity index (χ0) is 18.3. The van der Waals surface area contributed by atoms with Crippen molar-refractivity contribution < 1.29 is 0 Å². The van der Waals surface area contributed by atoms with Crippen LogP contribution in [-0.2, 0) is 0 Å². The number of hydrogen-bond acceptors (Lipinski definition) is 5. The maximum Gasteiger partial charge on any atom is 0.281 e. The van der Waals surface area contributed by atoms with Crippen molar-refractivity contribution in [3.63, 3.8) is 0 Å². The summed E-state index contributed by atoms with van der Waals surface area (Å²) in [5, 5.41) is 15.9. The van der Waals surface area contributed by atoms with E-state index in [-0.39, 0.29) is 5.56 Å². The molecule has 130 valence electrons. The van der Waals surface area contributed by atoms with Crippen LogP contribution in [0.2, 0.25) is 10.0 Å². The summed E-state index contributed by atoms with van der Waals surface area (Å²) in [5.74, 6) is 0.413. The summed E-state index contributed by atoms with van der Waals surface area (Å²) in [7, 11) is 0. The van der Waals surface area contributed by atoms with Crippen molar-refractivity contribution >= 4 is 40.8 Å². The van der Waals surface area contributed by atoms with E-state index in [1.54, 1.807) is 37.3 Å². The average Bonchev–Trinajstić information content (AvgIpc) is 3.16. The minimum absolute atomic E-state index is 0.278. The SMILES string of the molecule is Cc1[nH]n(-c2ccc3nncn3n2)c(=O)c1C=Nc1cc(Cl)cc(Cl)c1. The fraction of sp³-hybridized carbons (Fsp3) is 0.0625. The molecule has 8 nitrogen and oxygen atoms in total. The molecule has 0 amide bonds. The molecule has 0 saturated heterocycles. The number of nitrogens with zero attached hydrogens (tertiary/aromatic N) is 6. The number of nitrogens with one attached hydrogen (secondary N) is 1. The van der Waals surface area contributed by atoms with Gasteiger partial charge in [-0.1, -0.05) is 23.2 Å². The molecule has 0 aliphatic rings. The van der Waals surface area contributed by atoms with E-state index in [1.807, 2.05) is 0 Å². The Hall–Kier alpha value is -2.97. The smallest absolute Gasteiger partial charge is 0.281 e. The Kier molecular flexibility index (Phi) is 4.06. The van der Waals surface area contributed by atoms with Gasteiger partial charge in [-0.15, -0.1) is 15.3 Å². The van der Waals surface area contributed by atoms with Crippen LogP contribution in [0.25, 0.3) is 11.5 Å². The molecular formula is C16H11Cl2N7O. The first-order chi connectivity index (χ1) is 12.5. The van der Waals surface area contributed by atoms with Gasteiger partial charge in [0.15, 0.2) is 11.5 Å². The molecule has 3 aromatic heterocycles. The van der Waals surface area contributed by atoms with Crippen molar-refractivity contribution in [1.82, 2.24) is 29.6 Å². The highest BCUT2D eigenvalue weighted by molar-refractivity contribution is 6.35. The number of fused-ring (bicyclic) bond motifs is 1. The van der Waals surface area contributed by atoms with E-state index in [9.17, 15) is 4.79 Å². The first-order valence-electron chi connectivity index (χ1n) is 7.50. The van der Waals surface area contributed by atoms with Crippen LogP contribution in [0.3, 0.4) is 0 Å². The second-order valence-electron chi connectivity index (χ2n) is 5.50. The quantitative estimate of drug-likeness (QED) is 0.546. The summed E-state index contributed by atoms with van der Waals surface area (Å²) in [6.45, 7) is 1.78. The molecule has 3 heterocycles. The lowest BCUT2D eigenvalue weighted by atomic mass is 10.3. The van der Waals surface area contributed by atoms with Crippen molar-refractivity contribution in [3.8, 4) is 5.82 Å². The number of aromatic amines is 1. The third-order valence-electron chi connectivity index (χ3n) is 3.68. The third-order valence-corrected chi connectivity index (χ3v) is 4.12. The molecule has 0 aliphatic carbocycles. The van der Waals surface area contributed by atoms with Crippen molar-refractivity contribution in [2.75, 3.05) is 0 Å². The van der Waals surface area contributed by atoms with E-state index < -0.39 is 0 Å². The van der Waals surface area contributed by atoms with E-state index >= 15 is 0 Å². The summed E-state index contributed by atoms with van der Waals surface area (Å²) in [4.78, 5) is 17.0. The summed E-state index contributed by atoms with van der Waals surface area (Å²) in [6.07, 6.45) is 2.94. The van der Waals surface area contributed by atoms with Gasteiger partial charge in [0, 0.05) is 22.0 Å². The zero-order valence-electron chi connectivity index (χ0n) is 13.4. The maximum atomic E-state index is 12.7. The number of halogens is 2. The van der Waals surface area contributed by atoms with Crippen LogP contribution in [0.15, 0.2) is 46.4 Å². The van der Waals surface area contributed by atoms with Gasteiger partial charge in [0.2, 0.25) is 0 Å². The van der Waals surface area contributed by atoms with Crippen molar-refractivity contribution in [1.29, 1.82) is 0 Å². The molecule has 0 radical (unpaired) electrons. The fourth-order valence-electron chi connectivity index (χ4n) is 2.46. The minimum atomic E-state index is -0.278. The highest BCUT2D eigenvalue weighted by Crippen LogP contribution is 2.24. The summed E-state index contributed by atoms with van der Waals surface area (Å²) >= 11 is 11.9. The van der Waals surface area contributed by atoms with Gasteiger partial charge >= 0.3 is 0 Å². The van der Waals surface area contributed by atoms with Crippen LogP contribution >= 0.6 is 23.2 Å². The molecule has 0 fully saturated rings. The standard InChI is InChI=1S/C16H11Cl2N7O/c1-9-13(7-19-12-5-10(17)4-11(18)6-12)16(26)25(22-9)15-3-2-14-21-20-8-24(14)23-15/h2-8,22H,1H3. The number of benzene rings is 1. The minimum Gasteiger partial charge on any atom is -0.293 e. The Morgan fingerprint density at radius 2 is 1.96 bits per heavy atom. The number of aromatic nitrogens is 6. The molecule has 0 spiro atoms. The molecule has 4 aromatic rings. The number of aliphatic imine (C=N–C) groups is 1. The van der Waals surface area contributed by atoms with Gasteiger partial charge in [0.1, 0.15) is 6.33 Å². The fourth-order valence-corrected chi connectivity index (χ4v) is 2.98. The molecule has 4 rings (SSSR count). The molecule has 26 heavy (non-hydrogen) atoms. The molecule has 0 unspecified atom stereocenters. The maximum absolute atomic E-state index is 12.7. The number of H-pyrrole nitrogens is 1. The van der Waals surface area contributed by atoms with Gasteiger partial charge < -0.3 is 0 Å². The predicted octanol–water partition coefficient (Wildman–Crippen LogP) is 2.97. The van der Waals surface area contributed by atoms with Crippen molar-refractivity contribution in [2.24, 2.45) is 4.99 Å². The van der Waals surface area contributed by atoms with Crippen molar-refractivity contribution in [2.45, 2.75) is 6.92 Å². The monoisotopic (exact) mass is 387 g/mol. The number of hydrogen-bond donors (Lipinski definition) is 1. The molecule has 0 aliphatic heterocycles. The van der Waals surface area contributed by atoms with Gasteiger partial charge in [-0.3, -0.25) is 14.9 Å². The Morgan fingerprint density at radius 1 is 1.19 bits per heavy atom.